The van der Waals surface area contributed by atoms with Crippen molar-refractivity contribution in [2.75, 3.05) is 6.61 Å². The fraction of sp³-hybridized carbons (Fsp3) is 0.333. The van der Waals surface area contributed by atoms with Crippen LogP contribution >= 0.6 is 0 Å². The van der Waals surface area contributed by atoms with Crippen LogP contribution in [0, 0.1) is 19.3 Å². The van der Waals surface area contributed by atoms with E-state index in [0.717, 1.165) is 23.3 Å². The van der Waals surface area contributed by atoms with Gasteiger partial charge in [-0.2, -0.15) is 0 Å². The maximum Gasteiger partial charge on any atom is 0.0727 e. The summed E-state index contributed by atoms with van der Waals surface area (Å²) in [6, 6.07) is 4.23. The van der Waals surface area contributed by atoms with Gasteiger partial charge in [-0.05, 0) is 53.3 Å². The number of rotatable bonds is 2. The minimum Gasteiger partial charge on any atom is -0.376 e. The van der Waals surface area contributed by atoms with Gasteiger partial charge >= 0.3 is 0 Å². The van der Waals surface area contributed by atoms with Gasteiger partial charge in [0.25, 0.3) is 0 Å². The van der Waals surface area contributed by atoms with Crippen LogP contribution in [0.25, 0.3) is 11.1 Å². The lowest BCUT2D eigenvalue weighted by molar-refractivity contribution is 0.0952. The highest BCUT2D eigenvalue weighted by Crippen LogP contribution is 2.35. The first-order chi connectivity index (χ1) is 10.1. The number of aryl methyl sites for hydroxylation is 2. The van der Waals surface area contributed by atoms with Gasteiger partial charge in [0.1, 0.15) is 0 Å². The molecule has 2 heterocycles. The summed E-state index contributed by atoms with van der Waals surface area (Å²) in [5.74, 6) is 0.392. The number of hydrogen-bond acceptors (Lipinski definition) is 3. The Morgan fingerprint density at radius 3 is 2.76 bits per heavy atom. The van der Waals surface area contributed by atoms with Crippen molar-refractivity contribution in [3.63, 3.8) is 0 Å². The predicted octanol–water partition coefficient (Wildman–Crippen LogP) is 4.00. The van der Waals surface area contributed by atoms with Crippen molar-refractivity contribution < 1.29 is 4.74 Å². The third-order valence-corrected chi connectivity index (χ3v) is 4.29. The van der Waals surface area contributed by atoms with Crippen LogP contribution in [0.2, 0.25) is 0 Å². The lowest BCUT2D eigenvalue weighted by atomic mass is 9.88. The molecule has 3 nitrogen and oxygen atoms in total. The van der Waals surface area contributed by atoms with E-state index in [4.69, 9.17) is 10.1 Å². The summed E-state index contributed by atoms with van der Waals surface area (Å²) in [6.07, 6.45) is 5.32. The first kappa shape index (κ1) is 14.0. The highest BCUT2D eigenvalue weighted by atomic mass is 16.5. The van der Waals surface area contributed by atoms with Crippen molar-refractivity contribution >= 4 is 6.21 Å². The monoisotopic (exact) mass is 280 g/mol. The molecule has 1 atom stereocenters. The highest BCUT2D eigenvalue weighted by Gasteiger charge is 2.21. The Kier molecular flexibility index (Phi) is 3.60. The van der Waals surface area contributed by atoms with Gasteiger partial charge in [-0.15, -0.1) is 0 Å². The van der Waals surface area contributed by atoms with E-state index in [-0.39, 0.29) is 0 Å². The van der Waals surface area contributed by atoms with Crippen molar-refractivity contribution in [2.45, 2.75) is 33.3 Å². The Labute approximate surface area is 125 Å². The lowest BCUT2D eigenvalue weighted by Crippen LogP contribution is -2.15. The van der Waals surface area contributed by atoms with Crippen molar-refractivity contribution in [2.24, 2.45) is 0 Å². The number of benzene rings is 1. The van der Waals surface area contributed by atoms with Crippen molar-refractivity contribution in [1.82, 2.24) is 4.98 Å². The zero-order valence-electron chi connectivity index (χ0n) is 12.7. The smallest absolute Gasteiger partial charge is 0.0727 e. The minimum atomic E-state index is 0.392. The summed E-state index contributed by atoms with van der Waals surface area (Å²) >= 11 is 0. The van der Waals surface area contributed by atoms with Crippen molar-refractivity contribution in [1.29, 1.82) is 5.41 Å². The van der Waals surface area contributed by atoms with Gasteiger partial charge in [-0.3, -0.25) is 4.98 Å². The Balaban J connectivity index is 2.20. The molecule has 0 spiro atoms. The molecule has 2 aromatic rings. The maximum absolute atomic E-state index is 7.48. The van der Waals surface area contributed by atoms with E-state index in [1.165, 1.54) is 28.5 Å². The van der Waals surface area contributed by atoms with Gasteiger partial charge in [-0.1, -0.05) is 13.0 Å². The predicted molar refractivity (Wildman–Crippen MR) is 85.1 cm³/mol. The van der Waals surface area contributed by atoms with E-state index in [0.29, 0.717) is 12.5 Å². The standard InChI is InChI=1S/C18H20N2O/c1-11-5-15(12(2)4-14(11)6-19)17-8-20-7-16-13(3)9-21-10-18(16)17/h4-8,13,19H,9-10H2,1-3H3. The topological polar surface area (TPSA) is 46.0 Å². The molecule has 1 aliphatic rings. The SMILES string of the molecule is Cc1cc(-c2cncc3c2COCC3C)c(C)cc1C=N. The molecule has 0 amide bonds. The van der Waals surface area contributed by atoms with Crippen LogP contribution in [0.4, 0.5) is 0 Å². The molecular formula is C18H20N2O. The zero-order chi connectivity index (χ0) is 15.0. The van der Waals surface area contributed by atoms with Crippen LogP contribution in [0.1, 0.15) is 40.7 Å². The summed E-state index contributed by atoms with van der Waals surface area (Å²) in [6.45, 7) is 7.74. The number of pyridine rings is 1. The molecule has 0 fully saturated rings. The second-order valence-electron chi connectivity index (χ2n) is 5.84. The quantitative estimate of drug-likeness (QED) is 0.845. The van der Waals surface area contributed by atoms with Crippen LogP contribution in [0.15, 0.2) is 24.5 Å². The summed E-state index contributed by atoms with van der Waals surface area (Å²) in [5, 5.41) is 7.48. The van der Waals surface area contributed by atoms with Crippen molar-refractivity contribution in [3.05, 3.63) is 52.3 Å². The zero-order valence-corrected chi connectivity index (χ0v) is 12.7. The summed E-state index contributed by atoms with van der Waals surface area (Å²) in [4.78, 5) is 4.44. The summed E-state index contributed by atoms with van der Waals surface area (Å²) < 4.78 is 5.72. The maximum atomic E-state index is 7.48. The number of hydrogen-bond donors (Lipinski definition) is 1. The van der Waals surface area contributed by atoms with Gasteiger partial charge in [0, 0.05) is 30.1 Å². The van der Waals surface area contributed by atoms with Crippen LogP contribution in [-0.4, -0.2) is 17.8 Å². The number of aromatic nitrogens is 1. The van der Waals surface area contributed by atoms with Crippen LogP contribution in [0.3, 0.4) is 0 Å². The largest absolute Gasteiger partial charge is 0.376 e. The Hall–Kier alpha value is -2.00. The molecule has 0 radical (unpaired) electrons. The average Bonchev–Trinajstić information content (AvgIpc) is 2.49. The number of ether oxygens (including phenoxy) is 1. The molecule has 1 unspecified atom stereocenters. The molecule has 1 N–H and O–H groups in total. The molecule has 21 heavy (non-hydrogen) atoms. The normalized spacial score (nSPS) is 17.4. The Morgan fingerprint density at radius 2 is 2.00 bits per heavy atom. The number of nitrogens with one attached hydrogen (secondary N) is 1. The van der Waals surface area contributed by atoms with Gasteiger partial charge in [0.15, 0.2) is 0 Å². The number of nitrogens with zero attached hydrogens (tertiary/aromatic N) is 1. The third-order valence-electron chi connectivity index (χ3n) is 4.29. The lowest BCUT2D eigenvalue weighted by Gasteiger charge is -2.25. The fourth-order valence-corrected chi connectivity index (χ4v) is 3.03. The van der Waals surface area contributed by atoms with Gasteiger partial charge in [0.2, 0.25) is 0 Å². The Morgan fingerprint density at radius 1 is 1.19 bits per heavy atom. The molecule has 1 aromatic carbocycles. The molecule has 1 aliphatic heterocycles. The molecule has 3 rings (SSSR count). The molecule has 0 aliphatic carbocycles. The van der Waals surface area contributed by atoms with Gasteiger partial charge in [0.05, 0.1) is 13.2 Å². The van der Waals surface area contributed by atoms with E-state index >= 15 is 0 Å². The molecule has 3 heteroatoms. The molecular weight excluding hydrogens is 260 g/mol. The molecule has 108 valence electrons. The second kappa shape index (κ2) is 5.41. The van der Waals surface area contributed by atoms with Gasteiger partial charge < -0.3 is 10.1 Å². The molecule has 0 saturated heterocycles. The molecule has 1 aromatic heterocycles. The summed E-state index contributed by atoms with van der Waals surface area (Å²) in [5.41, 5.74) is 8.18. The first-order valence-corrected chi connectivity index (χ1v) is 7.28. The van der Waals surface area contributed by atoms with Gasteiger partial charge in [-0.25, -0.2) is 0 Å². The van der Waals surface area contributed by atoms with E-state index in [2.05, 4.69) is 31.0 Å². The first-order valence-electron chi connectivity index (χ1n) is 7.28. The summed E-state index contributed by atoms with van der Waals surface area (Å²) in [7, 11) is 0. The van der Waals surface area contributed by atoms with Crippen molar-refractivity contribution in [3.8, 4) is 11.1 Å². The Bertz CT molecular complexity index is 707. The number of fused-ring (bicyclic) bond motifs is 1. The van der Waals surface area contributed by atoms with E-state index in [9.17, 15) is 0 Å². The minimum absolute atomic E-state index is 0.392. The molecule has 0 saturated carbocycles. The second-order valence-corrected chi connectivity index (χ2v) is 5.84. The molecule has 0 bridgehead atoms. The van der Waals surface area contributed by atoms with E-state index in [1.54, 1.807) is 0 Å². The van der Waals surface area contributed by atoms with Crippen LogP contribution < -0.4 is 0 Å². The van der Waals surface area contributed by atoms with E-state index < -0.39 is 0 Å². The fourth-order valence-electron chi connectivity index (χ4n) is 3.03. The average molecular weight is 280 g/mol. The van der Waals surface area contributed by atoms with Crippen LogP contribution in [0.5, 0.6) is 0 Å². The van der Waals surface area contributed by atoms with Crippen LogP contribution in [-0.2, 0) is 11.3 Å². The third kappa shape index (κ3) is 2.38. The highest BCUT2D eigenvalue weighted by molar-refractivity contribution is 5.83. The van der Waals surface area contributed by atoms with E-state index in [1.807, 2.05) is 19.3 Å².